The maximum absolute atomic E-state index is 12.2. The zero-order chi connectivity index (χ0) is 19.1. The summed E-state index contributed by atoms with van der Waals surface area (Å²) in [5, 5.41) is 3.51. The molecule has 5 heteroatoms. The number of amides is 1. The van der Waals surface area contributed by atoms with Crippen molar-refractivity contribution in [3.05, 3.63) is 78.2 Å². The Kier molecular flexibility index (Phi) is 6.60. The summed E-state index contributed by atoms with van der Waals surface area (Å²) in [6, 6.07) is 16.0. The number of nitrogens with one attached hydrogen (secondary N) is 1. The SMILES string of the molecule is CC(C)Sc1ccc(CC(=O)NCc2ccc(-c3cccnc3)nc2)cc1. The van der Waals surface area contributed by atoms with Gasteiger partial charge in [-0.25, -0.2) is 0 Å². The van der Waals surface area contributed by atoms with Crippen LogP contribution in [-0.2, 0) is 17.8 Å². The van der Waals surface area contributed by atoms with Crippen LogP contribution in [0.1, 0.15) is 25.0 Å². The Morgan fingerprint density at radius 2 is 1.81 bits per heavy atom. The first kappa shape index (κ1) is 19.1. The second kappa shape index (κ2) is 9.33. The monoisotopic (exact) mass is 377 g/mol. The normalized spacial score (nSPS) is 10.8. The molecule has 3 aromatic rings. The van der Waals surface area contributed by atoms with Crippen molar-refractivity contribution in [3.8, 4) is 11.3 Å². The molecule has 0 bridgehead atoms. The van der Waals surface area contributed by atoms with E-state index in [4.69, 9.17) is 0 Å². The molecule has 0 aliphatic rings. The number of benzene rings is 1. The van der Waals surface area contributed by atoms with E-state index in [1.165, 1.54) is 4.90 Å². The number of carbonyl (C=O) groups excluding carboxylic acids is 1. The first-order chi connectivity index (χ1) is 13.1. The number of rotatable bonds is 7. The lowest BCUT2D eigenvalue weighted by Gasteiger charge is -2.08. The largest absolute Gasteiger partial charge is 0.352 e. The number of aromatic nitrogens is 2. The lowest BCUT2D eigenvalue weighted by molar-refractivity contribution is -0.120. The van der Waals surface area contributed by atoms with Crippen LogP contribution in [0.25, 0.3) is 11.3 Å². The minimum atomic E-state index is 0.00981. The third-order valence-corrected chi connectivity index (χ3v) is 4.95. The van der Waals surface area contributed by atoms with Gasteiger partial charge in [0, 0.05) is 40.8 Å². The zero-order valence-corrected chi connectivity index (χ0v) is 16.4. The van der Waals surface area contributed by atoms with E-state index in [0.717, 1.165) is 22.4 Å². The molecule has 27 heavy (non-hydrogen) atoms. The lowest BCUT2D eigenvalue weighted by atomic mass is 10.1. The third kappa shape index (κ3) is 5.93. The lowest BCUT2D eigenvalue weighted by Crippen LogP contribution is -2.24. The van der Waals surface area contributed by atoms with Gasteiger partial charge in [-0.3, -0.25) is 14.8 Å². The summed E-state index contributed by atoms with van der Waals surface area (Å²) in [4.78, 5) is 22.0. The van der Waals surface area contributed by atoms with Gasteiger partial charge in [-0.05, 0) is 41.5 Å². The van der Waals surface area contributed by atoms with E-state index in [0.29, 0.717) is 18.2 Å². The summed E-state index contributed by atoms with van der Waals surface area (Å²) in [6.07, 6.45) is 5.70. The van der Waals surface area contributed by atoms with Gasteiger partial charge in [0.2, 0.25) is 5.91 Å². The van der Waals surface area contributed by atoms with E-state index in [1.807, 2.05) is 48.2 Å². The third-order valence-electron chi connectivity index (χ3n) is 3.93. The van der Waals surface area contributed by atoms with E-state index in [2.05, 4.69) is 41.3 Å². The van der Waals surface area contributed by atoms with Gasteiger partial charge in [-0.15, -0.1) is 11.8 Å². The second-order valence-electron chi connectivity index (χ2n) is 6.56. The molecular weight excluding hydrogens is 354 g/mol. The van der Waals surface area contributed by atoms with Gasteiger partial charge in [-0.1, -0.05) is 32.0 Å². The predicted molar refractivity (Wildman–Crippen MR) is 110 cm³/mol. The molecule has 0 saturated heterocycles. The molecular formula is C22H23N3OS. The summed E-state index contributed by atoms with van der Waals surface area (Å²) in [5.41, 5.74) is 3.84. The highest BCUT2D eigenvalue weighted by Gasteiger charge is 2.05. The van der Waals surface area contributed by atoms with Crippen LogP contribution in [0.3, 0.4) is 0 Å². The zero-order valence-electron chi connectivity index (χ0n) is 15.6. The average molecular weight is 378 g/mol. The quantitative estimate of drug-likeness (QED) is 0.616. The number of nitrogens with zero attached hydrogens (tertiary/aromatic N) is 2. The first-order valence-corrected chi connectivity index (χ1v) is 9.86. The topological polar surface area (TPSA) is 54.9 Å². The van der Waals surface area contributed by atoms with Crippen LogP contribution in [0.5, 0.6) is 0 Å². The summed E-state index contributed by atoms with van der Waals surface area (Å²) in [7, 11) is 0. The van der Waals surface area contributed by atoms with E-state index in [9.17, 15) is 4.79 Å². The highest BCUT2D eigenvalue weighted by molar-refractivity contribution is 7.99. The van der Waals surface area contributed by atoms with Crippen molar-refractivity contribution in [2.75, 3.05) is 0 Å². The van der Waals surface area contributed by atoms with Crippen molar-refractivity contribution in [1.29, 1.82) is 0 Å². The Hall–Kier alpha value is -2.66. The van der Waals surface area contributed by atoms with Crippen LogP contribution in [0.2, 0.25) is 0 Å². The molecule has 2 aromatic heterocycles. The van der Waals surface area contributed by atoms with Gasteiger partial charge in [0.25, 0.3) is 0 Å². The van der Waals surface area contributed by atoms with Crippen molar-refractivity contribution in [1.82, 2.24) is 15.3 Å². The first-order valence-electron chi connectivity index (χ1n) is 8.98. The van der Waals surface area contributed by atoms with Crippen LogP contribution in [0, 0.1) is 0 Å². The van der Waals surface area contributed by atoms with Gasteiger partial charge < -0.3 is 5.32 Å². The van der Waals surface area contributed by atoms with Gasteiger partial charge in [0.05, 0.1) is 12.1 Å². The standard InChI is InChI=1S/C22H23N3OS/c1-16(2)27-20-8-5-17(6-9-20)12-22(26)25-14-18-7-10-21(24-13-18)19-4-3-11-23-15-19/h3-11,13,15-16H,12,14H2,1-2H3,(H,25,26). The number of carbonyl (C=O) groups is 1. The van der Waals surface area contributed by atoms with Crippen molar-refractivity contribution in [2.24, 2.45) is 0 Å². The predicted octanol–water partition coefficient (Wildman–Crippen LogP) is 4.50. The molecule has 1 N–H and O–H groups in total. The number of hydrogen-bond donors (Lipinski definition) is 1. The number of pyridine rings is 2. The molecule has 1 amide bonds. The van der Waals surface area contributed by atoms with Crippen LogP contribution in [0.15, 0.2) is 72.0 Å². The highest BCUT2D eigenvalue weighted by Crippen LogP contribution is 2.23. The fourth-order valence-corrected chi connectivity index (χ4v) is 3.46. The molecule has 0 radical (unpaired) electrons. The van der Waals surface area contributed by atoms with Crippen LogP contribution in [-0.4, -0.2) is 21.1 Å². The molecule has 3 rings (SSSR count). The van der Waals surface area contributed by atoms with Crippen LogP contribution >= 0.6 is 11.8 Å². The Labute approximate surface area is 164 Å². The molecule has 1 aromatic carbocycles. The molecule has 0 spiro atoms. The average Bonchev–Trinajstić information content (AvgIpc) is 2.69. The fraction of sp³-hybridized carbons (Fsp3) is 0.227. The van der Waals surface area contributed by atoms with Crippen LogP contribution < -0.4 is 5.32 Å². The summed E-state index contributed by atoms with van der Waals surface area (Å²) in [5.74, 6) is 0.00981. The minimum Gasteiger partial charge on any atom is -0.352 e. The van der Waals surface area contributed by atoms with Crippen molar-refractivity contribution in [2.45, 2.75) is 37.0 Å². The Balaban J connectivity index is 1.50. The smallest absolute Gasteiger partial charge is 0.224 e. The Bertz CT molecular complexity index is 862. The Morgan fingerprint density at radius 1 is 1.04 bits per heavy atom. The van der Waals surface area contributed by atoms with Gasteiger partial charge in [0.1, 0.15) is 0 Å². The maximum Gasteiger partial charge on any atom is 0.224 e. The molecule has 0 aliphatic heterocycles. The summed E-state index contributed by atoms with van der Waals surface area (Å²) in [6.45, 7) is 4.81. The highest BCUT2D eigenvalue weighted by atomic mass is 32.2. The molecule has 2 heterocycles. The molecule has 4 nitrogen and oxygen atoms in total. The van der Waals surface area contributed by atoms with Gasteiger partial charge >= 0.3 is 0 Å². The fourth-order valence-electron chi connectivity index (χ4n) is 2.62. The van der Waals surface area contributed by atoms with Gasteiger partial charge in [-0.2, -0.15) is 0 Å². The molecule has 138 valence electrons. The van der Waals surface area contributed by atoms with E-state index in [-0.39, 0.29) is 5.91 Å². The molecule has 0 aliphatic carbocycles. The minimum absolute atomic E-state index is 0.00981. The second-order valence-corrected chi connectivity index (χ2v) is 8.21. The molecule has 0 unspecified atom stereocenters. The van der Waals surface area contributed by atoms with Crippen LogP contribution in [0.4, 0.5) is 0 Å². The molecule has 0 saturated carbocycles. The van der Waals surface area contributed by atoms with Gasteiger partial charge in [0.15, 0.2) is 0 Å². The number of hydrogen-bond acceptors (Lipinski definition) is 4. The molecule has 0 atom stereocenters. The van der Waals surface area contributed by atoms with Crippen molar-refractivity contribution >= 4 is 17.7 Å². The van der Waals surface area contributed by atoms with E-state index >= 15 is 0 Å². The van der Waals surface area contributed by atoms with Crippen molar-refractivity contribution < 1.29 is 4.79 Å². The van der Waals surface area contributed by atoms with Crippen molar-refractivity contribution in [3.63, 3.8) is 0 Å². The van der Waals surface area contributed by atoms with E-state index in [1.54, 1.807) is 18.6 Å². The Morgan fingerprint density at radius 3 is 2.44 bits per heavy atom. The van der Waals surface area contributed by atoms with E-state index < -0.39 is 0 Å². The summed E-state index contributed by atoms with van der Waals surface area (Å²) >= 11 is 1.82. The maximum atomic E-state index is 12.2. The summed E-state index contributed by atoms with van der Waals surface area (Å²) < 4.78 is 0. The number of thioether (sulfide) groups is 1. The molecule has 0 fully saturated rings.